The van der Waals surface area contributed by atoms with Crippen molar-refractivity contribution >= 4 is 10.0 Å². The number of sulfonamides is 1. The molecule has 0 aliphatic heterocycles. The largest absolute Gasteiger partial charge is 0.408 e. The third kappa shape index (κ3) is 4.26. The average Bonchev–Trinajstić information content (AvgIpc) is 2.45. The van der Waals surface area contributed by atoms with E-state index in [1.165, 1.54) is 19.1 Å². The number of hydrogen-bond acceptors (Lipinski definition) is 3. The molecule has 124 valence electrons. The van der Waals surface area contributed by atoms with Crippen molar-refractivity contribution < 1.29 is 26.0 Å². The normalized spacial score (nSPS) is 13.8. The fraction of sp³-hybridized carbons (Fsp3) is 0.214. The predicted octanol–water partition coefficient (Wildman–Crippen LogP) is 3.11. The number of aryl methyl sites for hydroxylation is 1. The Bertz CT molecular complexity index is 789. The first-order valence-corrected chi connectivity index (χ1v) is 7.86. The maximum Gasteiger partial charge on any atom is 0.408 e. The van der Waals surface area contributed by atoms with Gasteiger partial charge >= 0.3 is 6.18 Å². The quantitative estimate of drug-likeness (QED) is 0.864. The Hall–Kier alpha value is -2.00. The van der Waals surface area contributed by atoms with Gasteiger partial charge < -0.3 is 0 Å². The Morgan fingerprint density at radius 2 is 1.70 bits per heavy atom. The van der Waals surface area contributed by atoms with Crippen molar-refractivity contribution in [2.45, 2.75) is 24.2 Å². The number of pyridine rings is 1. The van der Waals surface area contributed by atoms with Crippen molar-refractivity contribution in [3.8, 4) is 0 Å². The van der Waals surface area contributed by atoms with Gasteiger partial charge in [-0.2, -0.15) is 17.9 Å². The van der Waals surface area contributed by atoms with Crippen LogP contribution in [0.3, 0.4) is 0 Å². The van der Waals surface area contributed by atoms with Gasteiger partial charge in [-0.1, -0.05) is 18.2 Å². The molecule has 1 heterocycles. The van der Waals surface area contributed by atoms with Gasteiger partial charge in [-0.15, -0.1) is 0 Å². The van der Waals surface area contributed by atoms with Gasteiger partial charge in [-0.05, 0) is 36.8 Å². The number of hydrogen-bond donors (Lipinski definition) is 1. The number of rotatable bonds is 4. The van der Waals surface area contributed by atoms with Crippen LogP contribution in [0.25, 0.3) is 0 Å². The molecule has 0 bridgehead atoms. The van der Waals surface area contributed by atoms with E-state index in [1.807, 2.05) is 0 Å². The van der Waals surface area contributed by atoms with Crippen LogP contribution >= 0.6 is 0 Å². The molecule has 0 fully saturated rings. The van der Waals surface area contributed by atoms with Crippen molar-refractivity contribution in [2.75, 3.05) is 0 Å². The first-order valence-electron chi connectivity index (χ1n) is 6.38. The molecule has 9 heteroatoms. The summed E-state index contributed by atoms with van der Waals surface area (Å²) < 4.78 is 78.3. The molecule has 2 aromatic rings. The molecule has 1 N–H and O–H groups in total. The second-order valence-corrected chi connectivity index (χ2v) is 6.43. The lowest BCUT2D eigenvalue weighted by Crippen LogP contribution is -2.38. The highest BCUT2D eigenvalue weighted by atomic mass is 32.2. The monoisotopic (exact) mass is 348 g/mol. The van der Waals surface area contributed by atoms with Crippen molar-refractivity contribution in [2.24, 2.45) is 0 Å². The van der Waals surface area contributed by atoms with Crippen LogP contribution < -0.4 is 4.72 Å². The van der Waals surface area contributed by atoms with E-state index in [4.69, 9.17) is 0 Å². The van der Waals surface area contributed by atoms with Gasteiger partial charge in [0.25, 0.3) is 10.0 Å². The summed E-state index contributed by atoms with van der Waals surface area (Å²) in [7, 11) is -4.50. The SMILES string of the molecule is Cc1cccc(S(=O)(=O)NC(c2ccc(F)cc2)C(F)(F)F)n1. The maximum atomic E-state index is 13.2. The fourth-order valence-electron chi connectivity index (χ4n) is 1.86. The van der Waals surface area contributed by atoms with Crippen LogP contribution in [-0.2, 0) is 10.0 Å². The highest BCUT2D eigenvalue weighted by Gasteiger charge is 2.43. The smallest absolute Gasteiger partial charge is 0.240 e. The lowest BCUT2D eigenvalue weighted by atomic mass is 10.1. The molecule has 2 rings (SSSR count). The molecular weight excluding hydrogens is 336 g/mol. The molecule has 1 unspecified atom stereocenters. The Labute approximate surface area is 130 Å². The van der Waals surface area contributed by atoms with Gasteiger partial charge in [0, 0.05) is 5.69 Å². The Morgan fingerprint density at radius 3 is 2.22 bits per heavy atom. The average molecular weight is 348 g/mol. The lowest BCUT2D eigenvalue weighted by Gasteiger charge is -2.21. The zero-order valence-electron chi connectivity index (χ0n) is 11.8. The molecule has 0 saturated carbocycles. The van der Waals surface area contributed by atoms with Gasteiger partial charge in [0.1, 0.15) is 11.9 Å². The topological polar surface area (TPSA) is 59.1 Å². The summed E-state index contributed by atoms with van der Waals surface area (Å²) in [6.07, 6.45) is -4.89. The molecule has 0 spiro atoms. The highest BCUT2D eigenvalue weighted by Crippen LogP contribution is 2.33. The summed E-state index contributed by atoms with van der Waals surface area (Å²) in [5.41, 5.74) is -0.0756. The molecule has 23 heavy (non-hydrogen) atoms. The summed E-state index contributed by atoms with van der Waals surface area (Å²) in [6, 6.07) is 4.88. The van der Waals surface area contributed by atoms with E-state index in [2.05, 4.69) is 4.98 Å². The van der Waals surface area contributed by atoms with Crippen molar-refractivity contribution in [1.82, 2.24) is 9.71 Å². The standard InChI is InChI=1S/C14H12F4N2O2S/c1-9-3-2-4-12(19-9)23(21,22)20-13(14(16,17)18)10-5-7-11(15)8-6-10/h2-8,13,20H,1H3. The Morgan fingerprint density at radius 1 is 1.09 bits per heavy atom. The Balaban J connectivity index is 2.40. The van der Waals surface area contributed by atoms with Crippen LogP contribution in [0.1, 0.15) is 17.3 Å². The molecular formula is C14H12F4N2O2S. The van der Waals surface area contributed by atoms with Crippen LogP contribution in [0.4, 0.5) is 17.6 Å². The third-order valence-electron chi connectivity index (χ3n) is 2.94. The van der Waals surface area contributed by atoms with Gasteiger partial charge in [0.15, 0.2) is 5.03 Å². The second kappa shape index (κ2) is 6.25. The van der Waals surface area contributed by atoms with E-state index in [-0.39, 0.29) is 0 Å². The fourth-order valence-corrected chi connectivity index (χ4v) is 3.08. The highest BCUT2D eigenvalue weighted by molar-refractivity contribution is 7.89. The maximum absolute atomic E-state index is 13.2. The number of nitrogens with zero attached hydrogens (tertiary/aromatic N) is 1. The van der Waals surface area contributed by atoms with Crippen molar-refractivity contribution in [1.29, 1.82) is 0 Å². The van der Waals surface area contributed by atoms with Crippen molar-refractivity contribution in [3.63, 3.8) is 0 Å². The number of benzene rings is 1. The van der Waals surface area contributed by atoms with E-state index in [9.17, 15) is 26.0 Å². The molecule has 0 aliphatic carbocycles. The van der Waals surface area contributed by atoms with Gasteiger partial charge in [0.2, 0.25) is 0 Å². The number of aromatic nitrogens is 1. The summed E-state index contributed by atoms with van der Waals surface area (Å²) in [5.74, 6) is -0.724. The van der Waals surface area contributed by atoms with Crippen LogP contribution in [0, 0.1) is 12.7 Å². The molecule has 0 aliphatic rings. The second-order valence-electron chi connectivity index (χ2n) is 4.76. The molecule has 1 aromatic carbocycles. The number of halogens is 4. The third-order valence-corrected chi connectivity index (χ3v) is 4.27. The van der Waals surface area contributed by atoms with E-state index < -0.39 is 38.6 Å². The molecule has 4 nitrogen and oxygen atoms in total. The van der Waals surface area contributed by atoms with E-state index in [0.717, 1.165) is 30.3 Å². The van der Waals surface area contributed by atoms with E-state index in [0.29, 0.717) is 5.69 Å². The minimum absolute atomic E-state index is 0.346. The minimum Gasteiger partial charge on any atom is -0.240 e. The lowest BCUT2D eigenvalue weighted by molar-refractivity contribution is -0.153. The molecule has 0 radical (unpaired) electrons. The van der Waals surface area contributed by atoms with Crippen LogP contribution in [0.2, 0.25) is 0 Å². The molecule has 0 saturated heterocycles. The summed E-state index contributed by atoms with van der Waals surface area (Å²) in [5, 5.41) is -0.520. The minimum atomic E-state index is -4.89. The predicted molar refractivity (Wildman–Crippen MR) is 74.5 cm³/mol. The van der Waals surface area contributed by atoms with E-state index in [1.54, 1.807) is 4.72 Å². The van der Waals surface area contributed by atoms with Gasteiger partial charge in [-0.25, -0.2) is 17.8 Å². The summed E-state index contributed by atoms with van der Waals surface area (Å²) in [6.45, 7) is 1.51. The van der Waals surface area contributed by atoms with Gasteiger partial charge in [-0.3, -0.25) is 0 Å². The summed E-state index contributed by atoms with van der Waals surface area (Å²) in [4.78, 5) is 3.71. The zero-order valence-corrected chi connectivity index (χ0v) is 12.6. The van der Waals surface area contributed by atoms with E-state index >= 15 is 0 Å². The molecule has 1 atom stereocenters. The van der Waals surface area contributed by atoms with Gasteiger partial charge in [0.05, 0.1) is 0 Å². The Kier molecular flexibility index (Phi) is 4.71. The van der Waals surface area contributed by atoms with Crippen LogP contribution in [-0.4, -0.2) is 19.6 Å². The first kappa shape index (κ1) is 17.4. The number of nitrogens with one attached hydrogen (secondary N) is 1. The zero-order chi connectivity index (χ0) is 17.3. The van der Waals surface area contributed by atoms with Crippen molar-refractivity contribution in [3.05, 3.63) is 59.5 Å². The van der Waals surface area contributed by atoms with Crippen LogP contribution in [0.15, 0.2) is 47.5 Å². The molecule has 1 aromatic heterocycles. The summed E-state index contributed by atoms with van der Waals surface area (Å²) >= 11 is 0. The molecule has 0 amide bonds. The number of alkyl halides is 3. The van der Waals surface area contributed by atoms with Crippen LogP contribution in [0.5, 0.6) is 0 Å². The first-order chi connectivity index (χ1) is 10.6.